The molecular formula is C12H16N2O3. The second-order valence-corrected chi connectivity index (χ2v) is 4.25. The number of nitrogens with zero attached hydrogens (tertiary/aromatic N) is 2. The third-order valence-corrected chi connectivity index (χ3v) is 2.82. The molecule has 0 radical (unpaired) electrons. The monoisotopic (exact) mass is 236 g/mol. The number of hydrogen-bond acceptors (Lipinski definition) is 4. The molecule has 2 heterocycles. The quantitative estimate of drug-likeness (QED) is 0.851. The Balaban J connectivity index is 1.98. The summed E-state index contributed by atoms with van der Waals surface area (Å²) in [5, 5.41) is 9.27. The Bertz CT molecular complexity index is 402. The Hall–Kier alpha value is -1.62. The molecule has 1 unspecified atom stereocenters. The van der Waals surface area contributed by atoms with Gasteiger partial charge in [-0.2, -0.15) is 0 Å². The number of pyridine rings is 1. The van der Waals surface area contributed by atoms with Gasteiger partial charge in [0.2, 0.25) is 0 Å². The molecule has 1 saturated heterocycles. The average molecular weight is 236 g/mol. The SMILES string of the molecule is CN(CC1CCCO1)C(=O)c1cncc(O)c1. The van der Waals surface area contributed by atoms with Gasteiger partial charge in [0.1, 0.15) is 5.75 Å². The van der Waals surface area contributed by atoms with Crippen LogP contribution in [0.15, 0.2) is 18.5 Å². The Kier molecular flexibility index (Phi) is 3.58. The fourth-order valence-electron chi connectivity index (χ4n) is 1.94. The van der Waals surface area contributed by atoms with Gasteiger partial charge in [0.25, 0.3) is 5.91 Å². The molecule has 2 rings (SSSR count). The number of amides is 1. The number of carbonyl (C=O) groups is 1. The molecule has 0 saturated carbocycles. The van der Waals surface area contributed by atoms with E-state index >= 15 is 0 Å². The second-order valence-electron chi connectivity index (χ2n) is 4.25. The molecule has 5 heteroatoms. The van der Waals surface area contributed by atoms with Crippen LogP contribution in [0.5, 0.6) is 5.75 Å². The minimum Gasteiger partial charge on any atom is -0.506 e. The molecule has 1 aromatic heterocycles. The molecular weight excluding hydrogens is 220 g/mol. The summed E-state index contributed by atoms with van der Waals surface area (Å²) in [6, 6.07) is 1.42. The summed E-state index contributed by atoms with van der Waals surface area (Å²) in [6.45, 7) is 1.36. The molecule has 0 bridgehead atoms. The van der Waals surface area contributed by atoms with E-state index in [0.29, 0.717) is 12.1 Å². The Morgan fingerprint density at radius 3 is 3.12 bits per heavy atom. The first-order valence-electron chi connectivity index (χ1n) is 5.68. The van der Waals surface area contributed by atoms with Crippen LogP contribution < -0.4 is 0 Å². The van der Waals surface area contributed by atoms with Crippen LogP contribution in [0, 0.1) is 0 Å². The fraction of sp³-hybridized carbons (Fsp3) is 0.500. The van der Waals surface area contributed by atoms with Crippen LogP contribution in [0.25, 0.3) is 0 Å². The van der Waals surface area contributed by atoms with Crippen molar-refractivity contribution in [3.8, 4) is 5.75 Å². The summed E-state index contributed by atoms with van der Waals surface area (Å²) < 4.78 is 5.47. The van der Waals surface area contributed by atoms with Gasteiger partial charge in [-0.25, -0.2) is 0 Å². The summed E-state index contributed by atoms with van der Waals surface area (Å²) in [5.74, 6) is -0.148. The van der Waals surface area contributed by atoms with Gasteiger partial charge in [-0.1, -0.05) is 0 Å². The first kappa shape index (κ1) is 11.9. The van der Waals surface area contributed by atoms with Crippen molar-refractivity contribution in [2.24, 2.45) is 0 Å². The van der Waals surface area contributed by atoms with Gasteiger partial charge in [-0.05, 0) is 18.9 Å². The maximum atomic E-state index is 12.0. The van der Waals surface area contributed by atoms with E-state index in [1.807, 2.05) is 0 Å². The Morgan fingerprint density at radius 2 is 2.47 bits per heavy atom. The van der Waals surface area contributed by atoms with Gasteiger partial charge in [0.05, 0.1) is 17.9 Å². The van der Waals surface area contributed by atoms with Crippen molar-refractivity contribution in [1.29, 1.82) is 0 Å². The zero-order valence-corrected chi connectivity index (χ0v) is 9.80. The number of hydrogen-bond donors (Lipinski definition) is 1. The van der Waals surface area contributed by atoms with E-state index in [4.69, 9.17) is 4.74 Å². The predicted molar refractivity (Wildman–Crippen MR) is 61.8 cm³/mol. The lowest BCUT2D eigenvalue weighted by molar-refractivity contribution is 0.0586. The number of ether oxygens (including phenoxy) is 1. The van der Waals surface area contributed by atoms with E-state index < -0.39 is 0 Å². The number of aromatic hydroxyl groups is 1. The fourth-order valence-corrected chi connectivity index (χ4v) is 1.94. The predicted octanol–water partition coefficient (Wildman–Crippen LogP) is 1.04. The molecule has 1 atom stereocenters. The molecule has 1 fully saturated rings. The standard InChI is InChI=1S/C12H16N2O3/c1-14(8-11-3-2-4-17-11)12(16)9-5-10(15)7-13-6-9/h5-7,11,15H,2-4,8H2,1H3. The number of carbonyl (C=O) groups excluding carboxylic acids is 1. The molecule has 1 N–H and O–H groups in total. The minimum atomic E-state index is -0.149. The van der Waals surface area contributed by atoms with Crippen LogP contribution in [0.1, 0.15) is 23.2 Å². The topological polar surface area (TPSA) is 62.7 Å². The largest absolute Gasteiger partial charge is 0.506 e. The maximum Gasteiger partial charge on any atom is 0.255 e. The lowest BCUT2D eigenvalue weighted by atomic mass is 10.2. The molecule has 17 heavy (non-hydrogen) atoms. The molecule has 1 aromatic rings. The highest BCUT2D eigenvalue weighted by atomic mass is 16.5. The summed E-state index contributed by atoms with van der Waals surface area (Å²) in [5.41, 5.74) is 0.394. The number of rotatable bonds is 3. The molecule has 0 aliphatic carbocycles. The van der Waals surface area contributed by atoms with Crippen LogP contribution in [0.3, 0.4) is 0 Å². The summed E-state index contributed by atoms with van der Waals surface area (Å²) in [4.78, 5) is 17.4. The molecule has 1 aliphatic heterocycles. The van der Waals surface area contributed by atoms with E-state index in [-0.39, 0.29) is 17.8 Å². The molecule has 1 aliphatic rings. The number of aromatic nitrogens is 1. The molecule has 5 nitrogen and oxygen atoms in total. The van der Waals surface area contributed by atoms with Gasteiger partial charge in [-0.15, -0.1) is 0 Å². The third kappa shape index (κ3) is 2.94. The van der Waals surface area contributed by atoms with Gasteiger partial charge in [0.15, 0.2) is 0 Å². The highest BCUT2D eigenvalue weighted by Crippen LogP contribution is 2.15. The molecule has 0 aromatic carbocycles. The summed E-state index contributed by atoms with van der Waals surface area (Å²) in [7, 11) is 1.73. The summed E-state index contributed by atoms with van der Waals surface area (Å²) >= 11 is 0. The lowest BCUT2D eigenvalue weighted by Crippen LogP contribution is -2.34. The Labute approximate surface area is 100 Å². The van der Waals surface area contributed by atoms with Gasteiger partial charge in [-0.3, -0.25) is 9.78 Å². The normalized spacial score (nSPS) is 19.2. The van der Waals surface area contributed by atoms with E-state index in [1.54, 1.807) is 11.9 Å². The maximum absolute atomic E-state index is 12.0. The van der Waals surface area contributed by atoms with Crippen molar-refractivity contribution in [2.45, 2.75) is 18.9 Å². The highest BCUT2D eigenvalue weighted by Gasteiger charge is 2.21. The van der Waals surface area contributed by atoms with Crippen LogP contribution in [0.2, 0.25) is 0 Å². The Morgan fingerprint density at radius 1 is 1.65 bits per heavy atom. The van der Waals surface area contributed by atoms with Crippen molar-refractivity contribution in [3.05, 3.63) is 24.0 Å². The van der Waals surface area contributed by atoms with Gasteiger partial charge in [0, 0.05) is 26.4 Å². The van der Waals surface area contributed by atoms with Crippen molar-refractivity contribution in [3.63, 3.8) is 0 Å². The second kappa shape index (κ2) is 5.14. The van der Waals surface area contributed by atoms with Crippen LogP contribution in [0.4, 0.5) is 0 Å². The van der Waals surface area contributed by atoms with Crippen LogP contribution >= 0.6 is 0 Å². The molecule has 1 amide bonds. The molecule has 0 spiro atoms. The number of likely N-dealkylation sites (N-methyl/N-ethyl adjacent to an activating group) is 1. The summed E-state index contributed by atoms with van der Waals surface area (Å²) in [6.07, 6.45) is 4.94. The van der Waals surface area contributed by atoms with Crippen molar-refractivity contribution < 1.29 is 14.6 Å². The minimum absolute atomic E-state index is 0.00127. The van der Waals surface area contributed by atoms with E-state index in [1.165, 1.54) is 18.5 Å². The highest BCUT2D eigenvalue weighted by molar-refractivity contribution is 5.94. The zero-order valence-electron chi connectivity index (χ0n) is 9.80. The molecule has 92 valence electrons. The third-order valence-electron chi connectivity index (χ3n) is 2.82. The van der Waals surface area contributed by atoms with Gasteiger partial charge >= 0.3 is 0 Å². The smallest absolute Gasteiger partial charge is 0.255 e. The zero-order chi connectivity index (χ0) is 12.3. The van der Waals surface area contributed by atoms with E-state index in [0.717, 1.165) is 19.4 Å². The van der Waals surface area contributed by atoms with Crippen molar-refractivity contribution in [1.82, 2.24) is 9.88 Å². The first-order valence-corrected chi connectivity index (χ1v) is 5.68. The van der Waals surface area contributed by atoms with E-state index in [2.05, 4.69) is 4.98 Å². The van der Waals surface area contributed by atoms with Crippen molar-refractivity contribution >= 4 is 5.91 Å². The lowest BCUT2D eigenvalue weighted by Gasteiger charge is -2.20. The van der Waals surface area contributed by atoms with Gasteiger partial charge < -0.3 is 14.7 Å². The van der Waals surface area contributed by atoms with E-state index in [9.17, 15) is 9.90 Å². The van der Waals surface area contributed by atoms with Crippen LogP contribution in [-0.2, 0) is 4.74 Å². The first-order chi connectivity index (χ1) is 8.16. The average Bonchev–Trinajstić information content (AvgIpc) is 2.80. The van der Waals surface area contributed by atoms with Crippen LogP contribution in [-0.4, -0.2) is 47.2 Å². The van der Waals surface area contributed by atoms with Crippen molar-refractivity contribution in [2.75, 3.05) is 20.2 Å².